The van der Waals surface area contributed by atoms with E-state index in [2.05, 4.69) is 25.9 Å². The average Bonchev–Trinajstić information content (AvgIpc) is 2.69. The minimum atomic E-state index is -0.469. The normalized spacial score (nSPS) is 11.0. The van der Waals surface area contributed by atoms with E-state index in [1.54, 1.807) is 6.07 Å². The number of hydrogen-bond acceptors (Lipinski definition) is 4. The lowest BCUT2D eigenvalue weighted by molar-refractivity contribution is 0.430. The van der Waals surface area contributed by atoms with Gasteiger partial charge >= 0.3 is 0 Å². The molecule has 4 nitrogen and oxygen atoms in total. The van der Waals surface area contributed by atoms with Crippen molar-refractivity contribution in [3.63, 3.8) is 0 Å². The highest BCUT2D eigenvalue weighted by Gasteiger charge is 2.16. The number of hydrogen-bond donors (Lipinski definition) is 0. The van der Waals surface area contributed by atoms with Crippen LogP contribution < -0.4 is 4.74 Å². The quantitative estimate of drug-likeness (QED) is 0.689. The summed E-state index contributed by atoms with van der Waals surface area (Å²) in [5, 5.41) is 0.660. The zero-order valence-electron chi connectivity index (χ0n) is 10.8. The molecule has 3 rings (SSSR count). The Balaban J connectivity index is 2.11. The van der Waals surface area contributed by atoms with Crippen LogP contribution in [0, 0.1) is 19.7 Å². The van der Waals surface area contributed by atoms with E-state index in [9.17, 15) is 4.39 Å². The van der Waals surface area contributed by atoms with Crippen LogP contribution in [0.4, 0.5) is 4.39 Å². The molecule has 6 heteroatoms. The molecular formula is C14H10BrFN2O2. The molecule has 0 saturated heterocycles. The van der Waals surface area contributed by atoms with E-state index in [1.807, 2.05) is 13.8 Å². The van der Waals surface area contributed by atoms with E-state index >= 15 is 0 Å². The molecule has 0 amide bonds. The van der Waals surface area contributed by atoms with Gasteiger partial charge in [-0.1, -0.05) is 15.9 Å². The van der Waals surface area contributed by atoms with Crippen molar-refractivity contribution in [3.05, 3.63) is 46.1 Å². The third-order valence-electron chi connectivity index (χ3n) is 3.03. The highest BCUT2D eigenvalue weighted by Crippen LogP contribution is 2.33. The molecule has 1 aromatic carbocycles. The Morgan fingerprint density at radius 1 is 1.25 bits per heavy atom. The van der Waals surface area contributed by atoms with Crippen molar-refractivity contribution in [2.75, 3.05) is 0 Å². The van der Waals surface area contributed by atoms with E-state index in [0.717, 1.165) is 11.3 Å². The van der Waals surface area contributed by atoms with Gasteiger partial charge in [-0.15, -0.1) is 0 Å². The van der Waals surface area contributed by atoms with Gasteiger partial charge in [-0.25, -0.2) is 14.4 Å². The number of halogens is 2. The number of aryl methyl sites for hydroxylation is 2. The zero-order chi connectivity index (χ0) is 14.3. The fraction of sp³-hybridized carbons (Fsp3) is 0.143. The van der Waals surface area contributed by atoms with Crippen molar-refractivity contribution in [1.29, 1.82) is 0 Å². The van der Waals surface area contributed by atoms with Crippen LogP contribution in [0.2, 0.25) is 0 Å². The fourth-order valence-electron chi connectivity index (χ4n) is 1.89. The van der Waals surface area contributed by atoms with Gasteiger partial charge in [0.2, 0.25) is 11.6 Å². The first-order valence-electron chi connectivity index (χ1n) is 5.90. The summed E-state index contributed by atoms with van der Waals surface area (Å²) in [5.74, 6) is 0.655. The molecule has 0 aliphatic heterocycles. The lowest BCUT2D eigenvalue weighted by atomic mass is 10.2. The first kappa shape index (κ1) is 13.1. The van der Waals surface area contributed by atoms with Crippen molar-refractivity contribution in [3.8, 4) is 11.6 Å². The van der Waals surface area contributed by atoms with Crippen LogP contribution in [0.25, 0.3) is 11.1 Å². The zero-order valence-corrected chi connectivity index (χ0v) is 12.4. The fourth-order valence-corrected chi connectivity index (χ4v) is 2.22. The monoisotopic (exact) mass is 336 g/mol. The summed E-state index contributed by atoms with van der Waals surface area (Å²) in [6.07, 6.45) is 1.33. The number of benzene rings is 1. The summed E-state index contributed by atoms with van der Waals surface area (Å²) in [5.41, 5.74) is 1.32. The number of aromatic nitrogens is 2. The second-order valence-electron chi connectivity index (χ2n) is 4.32. The van der Waals surface area contributed by atoms with Gasteiger partial charge < -0.3 is 9.15 Å². The Labute approximate surface area is 122 Å². The van der Waals surface area contributed by atoms with Crippen LogP contribution in [0.3, 0.4) is 0 Å². The smallest absolute Gasteiger partial charge is 0.234 e. The number of ether oxygens (including phenoxy) is 1. The van der Waals surface area contributed by atoms with E-state index in [4.69, 9.17) is 9.15 Å². The minimum absolute atomic E-state index is 0.103. The Kier molecular flexibility index (Phi) is 3.17. The SMILES string of the molecule is Cc1oc2ncnc(Oc3ccc(Br)cc3F)c2c1C. The molecular weight excluding hydrogens is 327 g/mol. The van der Waals surface area contributed by atoms with Gasteiger partial charge in [0, 0.05) is 10.0 Å². The maximum absolute atomic E-state index is 13.8. The summed E-state index contributed by atoms with van der Waals surface area (Å²) < 4.78 is 25.5. The topological polar surface area (TPSA) is 48.2 Å². The summed E-state index contributed by atoms with van der Waals surface area (Å²) in [7, 11) is 0. The second kappa shape index (κ2) is 4.86. The van der Waals surface area contributed by atoms with Crippen LogP contribution in [-0.4, -0.2) is 9.97 Å². The molecule has 20 heavy (non-hydrogen) atoms. The molecule has 0 aliphatic carbocycles. The Morgan fingerprint density at radius 2 is 2.05 bits per heavy atom. The van der Waals surface area contributed by atoms with Gasteiger partial charge in [-0.2, -0.15) is 0 Å². The molecule has 0 aliphatic rings. The van der Waals surface area contributed by atoms with Crippen LogP contribution >= 0.6 is 15.9 Å². The molecule has 3 aromatic rings. The van der Waals surface area contributed by atoms with Crippen molar-refractivity contribution in [2.45, 2.75) is 13.8 Å². The maximum Gasteiger partial charge on any atom is 0.234 e. The van der Waals surface area contributed by atoms with Gasteiger partial charge in [-0.05, 0) is 32.0 Å². The Bertz CT molecular complexity index is 801. The van der Waals surface area contributed by atoms with E-state index in [0.29, 0.717) is 15.6 Å². The van der Waals surface area contributed by atoms with Crippen LogP contribution in [0.1, 0.15) is 11.3 Å². The first-order chi connectivity index (χ1) is 9.56. The molecule has 0 N–H and O–H groups in total. The predicted octanol–water partition coefficient (Wildman–Crippen LogP) is 4.53. The highest BCUT2D eigenvalue weighted by molar-refractivity contribution is 9.10. The minimum Gasteiger partial charge on any atom is -0.443 e. The lowest BCUT2D eigenvalue weighted by Gasteiger charge is -2.06. The number of fused-ring (bicyclic) bond motifs is 1. The molecule has 0 atom stereocenters. The molecule has 0 saturated carbocycles. The highest BCUT2D eigenvalue weighted by atomic mass is 79.9. The number of rotatable bonds is 2. The van der Waals surface area contributed by atoms with Crippen molar-refractivity contribution >= 4 is 27.0 Å². The van der Waals surface area contributed by atoms with Gasteiger partial charge in [-0.3, -0.25) is 0 Å². The maximum atomic E-state index is 13.8. The summed E-state index contributed by atoms with van der Waals surface area (Å²) in [4.78, 5) is 8.11. The first-order valence-corrected chi connectivity index (χ1v) is 6.69. The number of nitrogens with zero attached hydrogens (tertiary/aromatic N) is 2. The van der Waals surface area contributed by atoms with Crippen LogP contribution in [0.5, 0.6) is 11.6 Å². The van der Waals surface area contributed by atoms with Crippen LogP contribution in [-0.2, 0) is 0 Å². The molecule has 102 valence electrons. The molecule has 0 fully saturated rings. The van der Waals surface area contributed by atoms with Gasteiger partial charge in [0.1, 0.15) is 17.5 Å². The molecule has 0 radical (unpaired) electrons. The molecule has 0 bridgehead atoms. The Hall–Kier alpha value is -1.95. The third-order valence-corrected chi connectivity index (χ3v) is 3.52. The van der Waals surface area contributed by atoms with E-state index in [-0.39, 0.29) is 11.6 Å². The molecule has 0 unspecified atom stereocenters. The van der Waals surface area contributed by atoms with Crippen molar-refractivity contribution < 1.29 is 13.5 Å². The summed E-state index contributed by atoms with van der Waals surface area (Å²) in [6, 6.07) is 4.57. The van der Waals surface area contributed by atoms with Crippen molar-refractivity contribution in [1.82, 2.24) is 9.97 Å². The standard InChI is InChI=1S/C14H10BrFN2O2/c1-7-8(2)19-13-12(7)14(18-6-17-13)20-11-4-3-9(15)5-10(11)16/h3-6H,1-2H3. The van der Waals surface area contributed by atoms with Gasteiger partial charge in [0.05, 0.1) is 0 Å². The lowest BCUT2D eigenvalue weighted by Crippen LogP contribution is -1.93. The summed E-state index contributed by atoms with van der Waals surface area (Å²) >= 11 is 3.20. The second-order valence-corrected chi connectivity index (χ2v) is 5.23. The third kappa shape index (κ3) is 2.16. The Morgan fingerprint density at radius 3 is 2.80 bits per heavy atom. The summed E-state index contributed by atoms with van der Waals surface area (Å²) in [6.45, 7) is 3.72. The molecule has 0 spiro atoms. The predicted molar refractivity (Wildman–Crippen MR) is 75.5 cm³/mol. The van der Waals surface area contributed by atoms with Crippen LogP contribution in [0.15, 0.2) is 33.4 Å². The van der Waals surface area contributed by atoms with Gasteiger partial charge in [0.15, 0.2) is 11.6 Å². The molecule has 2 heterocycles. The molecule has 2 aromatic heterocycles. The average molecular weight is 337 g/mol. The van der Waals surface area contributed by atoms with E-state index in [1.165, 1.54) is 18.5 Å². The van der Waals surface area contributed by atoms with Crippen molar-refractivity contribution in [2.24, 2.45) is 0 Å². The van der Waals surface area contributed by atoms with E-state index < -0.39 is 5.82 Å². The van der Waals surface area contributed by atoms with Gasteiger partial charge in [0.25, 0.3) is 0 Å². The number of furan rings is 1. The largest absolute Gasteiger partial charge is 0.443 e.